The van der Waals surface area contributed by atoms with Crippen LogP contribution >= 0.6 is 0 Å². The van der Waals surface area contributed by atoms with Crippen LogP contribution in [0.25, 0.3) is 11.1 Å². The van der Waals surface area contributed by atoms with E-state index in [-0.39, 0.29) is 21.7 Å². The van der Waals surface area contributed by atoms with Gasteiger partial charge >= 0.3 is 0 Å². The molecule has 0 aliphatic rings. The molecule has 0 N–H and O–H groups in total. The van der Waals surface area contributed by atoms with Crippen LogP contribution in [0.1, 0.15) is 105 Å². The van der Waals surface area contributed by atoms with E-state index in [2.05, 4.69) is 107 Å². The predicted octanol–water partition coefficient (Wildman–Crippen LogP) is 7.98. The van der Waals surface area contributed by atoms with E-state index in [0.29, 0.717) is 0 Å². The Morgan fingerprint density at radius 3 is 1.58 bits per heavy atom. The lowest BCUT2D eigenvalue weighted by Crippen LogP contribution is -2.14. The van der Waals surface area contributed by atoms with Crippen LogP contribution in [0.3, 0.4) is 0 Å². The number of rotatable bonds is 1. The fourth-order valence-corrected chi connectivity index (χ4v) is 3.57. The van der Waals surface area contributed by atoms with E-state index in [1.54, 1.807) is 0 Å². The van der Waals surface area contributed by atoms with Gasteiger partial charge in [-0.25, -0.2) is 17.2 Å². The van der Waals surface area contributed by atoms with Gasteiger partial charge in [-0.05, 0) is 10.8 Å². The third-order valence-corrected chi connectivity index (χ3v) is 5.42. The highest BCUT2D eigenvalue weighted by Gasteiger charge is 2.21. The highest BCUT2D eigenvalue weighted by Crippen LogP contribution is 2.45. The largest absolute Gasteiger partial charge is 0.237 e. The SMILES string of the molecule is CC(C)(C)c1cc(C(C)(C)C)[c-](-c2[cH-]c(C(C)(C)C)cc2C(C)(C)C)c1. The smallest absolute Gasteiger partial charge is 0.0278 e. The summed E-state index contributed by atoms with van der Waals surface area (Å²) >= 11 is 0. The summed E-state index contributed by atoms with van der Waals surface area (Å²) in [6.07, 6.45) is 0. The standard InChI is InChI=1S/C26H40/c1-23(2,3)17-13-19(21(15-17)25(7,8)9)20-14-18(24(4,5)6)16-22(20)26(10,11)12/h13-16H,1-12H3/q-2. The summed E-state index contributed by atoms with van der Waals surface area (Å²) < 4.78 is 0. The van der Waals surface area contributed by atoms with E-state index in [4.69, 9.17) is 0 Å². The van der Waals surface area contributed by atoms with E-state index < -0.39 is 0 Å². The van der Waals surface area contributed by atoms with Crippen LogP contribution in [-0.4, -0.2) is 0 Å². The van der Waals surface area contributed by atoms with Crippen molar-refractivity contribution in [1.29, 1.82) is 0 Å². The molecule has 2 rings (SSSR count). The third-order valence-electron chi connectivity index (χ3n) is 5.42. The molecule has 0 bridgehead atoms. The third kappa shape index (κ3) is 4.16. The van der Waals surface area contributed by atoms with Crippen LogP contribution in [0, 0.1) is 0 Å². The van der Waals surface area contributed by atoms with Crippen LogP contribution in [0.4, 0.5) is 0 Å². The molecule has 0 aliphatic carbocycles. The molecule has 0 heterocycles. The second-order valence-electron chi connectivity index (χ2n) is 12.1. The van der Waals surface area contributed by atoms with E-state index in [1.807, 2.05) is 0 Å². The van der Waals surface area contributed by atoms with E-state index in [0.717, 1.165) is 0 Å². The normalized spacial score (nSPS) is 14.2. The topological polar surface area (TPSA) is 0 Å². The van der Waals surface area contributed by atoms with Crippen LogP contribution < -0.4 is 0 Å². The van der Waals surface area contributed by atoms with Crippen molar-refractivity contribution in [2.24, 2.45) is 0 Å². The minimum absolute atomic E-state index is 0.132. The van der Waals surface area contributed by atoms with Gasteiger partial charge < -0.3 is 0 Å². The summed E-state index contributed by atoms with van der Waals surface area (Å²) in [4.78, 5) is 0. The van der Waals surface area contributed by atoms with Gasteiger partial charge in [0.2, 0.25) is 0 Å². The molecule has 0 saturated carbocycles. The first-order valence-corrected chi connectivity index (χ1v) is 10.1. The summed E-state index contributed by atoms with van der Waals surface area (Å²) in [5.74, 6) is 0. The fourth-order valence-electron chi connectivity index (χ4n) is 3.57. The van der Waals surface area contributed by atoms with E-state index in [1.165, 1.54) is 33.4 Å². The van der Waals surface area contributed by atoms with Gasteiger partial charge in [0.1, 0.15) is 0 Å². The Kier molecular flexibility index (Phi) is 4.94. The maximum atomic E-state index is 2.46. The molecule has 0 amide bonds. The summed E-state index contributed by atoms with van der Waals surface area (Å²) in [6, 6.07) is 9.81. The van der Waals surface area contributed by atoms with Crippen LogP contribution in [0.5, 0.6) is 0 Å². The van der Waals surface area contributed by atoms with Crippen molar-refractivity contribution in [2.45, 2.75) is 105 Å². The molecule has 2 aromatic carbocycles. The molecule has 0 spiro atoms. The first-order valence-electron chi connectivity index (χ1n) is 10.1. The van der Waals surface area contributed by atoms with Crippen molar-refractivity contribution >= 4 is 0 Å². The molecule has 26 heavy (non-hydrogen) atoms. The molecule has 0 fully saturated rings. The zero-order valence-corrected chi connectivity index (χ0v) is 19.3. The molecule has 0 aliphatic heterocycles. The summed E-state index contributed by atoms with van der Waals surface area (Å²) in [5, 5.41) is 0. The minimum atomic E-state index is 0.132. The van der Waals surface area contributed by atoms with Gasteiger partial charge in [0, 0.05) is 0 Å². The predicted molar refractivity (Wildman–Crippen MR) is 118 cm³/mol. The molecular formula is C26H40-2. The Hall–Kier alpha value is -1.30. The number of hydrogen-bond acceptors (Lipinski definition) is 0. The van der Waals surface area contributed by atoms with Gasteiger partial charge in [0.05, 0.1) is 0 Å². The van der Waals surface area contributed by atoms with E-state index >= 15 is 0 Å². The maximum absolute atomic E-state index is 2.46. The van der Waals surface area contributed by atoms with Gasteiger partial charge in [0.15, 0.2) is 0 Å². The molecule has 0 saturated heterocycles. The molecule has 2 aromatic rings. The van der Waals surface area contributed by atoms with Crippen LogP contribution in [0.15, 0.2) is 24.3 Å². The monoisotopic (exact) mass is 352 g/mol. The lowest BCUT2D eigenvalue weighted by Gasteiger charge is -2.33. The molecule has 146 valence electrons. The Morgan fingerprint density at radius 1 is 0.654 bits per heavy atom. The molecule has 0 aromatic heterocycles. The first-order chi connectivity index (χ1) is 11.4. The van der Waals surface area contributed by atoms with Crippen molar-refractivity contribution in [1.82, 2.24) is 0 Å². The van der Waals surface area contributed by atoms with Gasteiger partial charge in [-0.1, -0.05) is 93.9 Å². The molecule has 0 heteroatoms. The van der Waals surface area contributed by atoms with Crippen molar-refractivity contribution in [3.8, 4) is 11.1 Å². The second-order valence-corrected chi connectivity index (χ2v) is 12.1. The Morgan fingerprint density at radius 2 is 1.19 bits per heavy atom. The molecule has 0 nitrogen and oxygen atoms in total. The van der Waals surface area contributed by atoms with Crippen molar-refractivity contribution in [3.05, 3.63) is 46.5 Å². The average Bonchev–Trinajstić information content (AvgIpc) is 3.00. The first kappa shape index (κ1) is 21.0. The minimum Gasteiger partial charge on any atom is -0.237 e. The molecule has 0 unspecified atom stereocenters. The van der Waals surface area contributed by atoms with Gasteiger partial charge in [-0.3, -0.25) is 0 Å². The Bertz CT molecular complexity index is 694. The summed E-state index contributed by atoms with van der Waals surface area (Å²) in [7, 11) is 0. The molecule has 0 atom stereocenters. The molecule has 0 radical (unpaired) electrons. The Balaban J connectivity index is 2.83. The summed E-state index contributed by atoms with van der Waals surface area (Å²) in [5.41, 5.74) is 9.29. The lowest BCUT2D eigenvalue weighted by atomic mass is 9.80. The van der Waals surface area contributed by atoms with Crippen molar-refractivity contribution in [2.75, 3.05) is 0 Å². The molecular weight excluding hydrogens is 312 g/mol. The van der Waals surface area contributed by atoms with Crippen molar-refractivity contribution in [3.63, 3.8) is 0 Å². The summed E-state index contributed by atoms with van der Waals surface area (Å²) in [6.45, 7) is 27.9. The van der Waals surface area contributed by atoms with Gasteiger partial charge in [0.25, 0.3) is 0 Å². The van der Waals surface area contributed by atoms with Crippen molar-refractivity contribution < 1.29 is 0 Å². The zero-order chi connectivity index (χ0) is 20.3. The van der Waals surface area contributed by atoms with E-state index in [9.17, 15) is 0 Å². The quantitative estimate of drug-likeness (QED) is 0.456. The van der Waals surface area contributed by atoms with Gasteiger partial charge in [-0.15, -0.1) is 11.6 Å². The Labute approximate surface area is 162 Å². The highest BCUT2D eigenvalue weighted by molar-refractivity contribution is 5.77. The van der Waals surface area contributed by atoms with Crippen LogP contribution in [0.2, 0.25) is 0 Å². The zero-order valence-electron chi connectivity index (χ0n) is 19.3. The van der Waals surface area contributed by atoms with Crippen LogP contribution in [-0.2, 0) is 21.7 Å². The number of hydrogen-bond donors (Lipinski definition) is 0. The maximum Gasteiger partial charge on any atom is -0.0278 e. The average molecular weight is 353 g/mol. The second kappa shape index (κ2) is 6.11. The lowest BCUT2D eigenvalue weighted by molar-refractivity contribution is 0.577. The highest BCUT2D eigenvalue weighted by atomic mass is 14.3. The van der Waals surface area contributed by atoms with Gasteiger partial charge in [-0.2, -0.15) is 28.8 Å². The fraction of sp³-hybridized carbons (Fsp3) is 0.615.